The zero-order valence-corrected chi connectivity index (χ0v) is 25.4. The molecule has 3 saturated heterocycles. The van der Waals surface area contributed by atoms with Crippen molar-refractivity contribution in [1.29, 1.82) is 0 Å². The SMILES string of the molecule is O=C1NC[C@H]2O[C@@H](CC(=O)N(CCNC3CCCC3)CC(=O)N3CC[C@@H](n4cc(COc5ccccc5)nn4)C[C@@H]13)C(O)C2O. The van der Waals surface area contributed by atoms with E-state index in [1.165, 1.54) is 17.7 Å². The zero-order valence-electron chi connectivity index (χ0n) is 25.4. The molecule has 4 heterocycles. The summed E-state index contributed by atoms with van der Waals surface area (Å²) in [5.41, 5.74) is 0.637. The molecule has 6 atom stereocenters. The first kappa shape index (κ1) is 31.4. The summed E-state index contributed by atoms with van der Waals surface area (Å²) in [5, 5.41) is 36.1. The van der Waals surface area contributed by atoms with Crippen LogP contribution in [0.2, 0.25) is 0 Å². The number of aliphatic hydroxyl groups is 2. The minimum atomic E-state index is -1.28. The number of amides is 3. The van der Waals surface area contributed by atoms with E-state index in [2.05, 4.69) is 20.9 Å². The second-order valence-electron chi connectivity index (χ2n) is 12.5. The molecule has 2 unspecified atom stereocenters. The van der Waals surface area contributed by atoms with Crippen LogP contribution in [0, 0.1) is 0 Å². The maximum atomic E-state index is 13.8. The molecule has 1 aliphatic carbocycles. The van der Waals surface area contributed by atoms with Gasteiger partial charge in [0, 0.05) is 32.2 Å². The predicted molar refractivity (Wildman–Crippen MR) is 160 cm³/mol. The van der Waals surface area contributed by atoms with Crippen LogP contribution in [0.4, 0.5) is 0 Å². The van der Waals surface area contributed by atoms with Gasteiger partial charge in [0.15, 0.2) is 0 Å². The molecule has 2 bridgehead atoms. The second kappa shape index (κ2) is 14.2. The Labute approximate surface area is 262 Å². The molecule has 3 aliphatic heterocycles. The summed E-state index contributed by atoms with van der Waals surface area (Å²) in [6, 6.07) is 8.77. The molecular formula is C31H43N7O7. The van der Waals surface area contributed by atoms with E-state index in [1.54, 1.807) is 15.8 Å². The maximum absolute atomic E-state index is 13.8. The van der Waals surface area contributed by atoms with E-state index >= 15 is 0 Å². The lowest BCUT2D eigenvalue weighted by Gasteiger charge is -2.39. The van der Waals surface area contributed by atoms with Crippen LogP contribution >= 0.6 is 0 Å². The van der Waals surface area contributed by atoms with Gasteiger partial charge >= 0.3 is 0 Å². The van der Waals surface area contributed by atoms with Gasteiger partial charge in [-0.15, -0.1) is 5.10 Å². The number of hydrogen-bond acceptors (Lipinski definition) is 10. The van der Waals surface area contributed by atoms with Crippen LogP contribution in [0.15, 0.2) is 36.5 Å². The van der Waals surface area contributed by atoms with Gasteiger partial charge in [-0.05, 0) is 37.8 Å². The molecule has 0 radical (unpaired) electrons. The average molecular weight is 626 g/mol. The van der Waals surface area contributed by atoms with Gasteiger partial charge in [0.25, 0.3) is 0 Å². The number of piperidine rings is 1. The van der Waals surface area contributed by atoms with Crippen LogP contribution in [-0.2, 0) is 25.7 Å². The summed E-state index contributed by atoms with van der Waals surface area (Å²) in [6.45, 7) is 1.10. The zero-order chi connectivity index (χ0) is 31.3. The summed E-state index contributed by atoms with van der Waals surface area (Å²) >= 11 is 0. The highest BCUT2D eigenvalue weighted by atomic mass is 16.5. The van der Waals surface area contributed by atoms with Gasteiger partial charge in [-0.2, -0.15) is 0 Å². The topological polar surface area (TPSA) is 171 Å². The molecule has 4 N–H and O–H groups in total. The van der Waals surface area contributed by atoms with Gasteiger partial charge in [0.2, 0.25) is 17.7 Å². The molecule has 4 fully saturated rings. The van der Waals surface area contributed by atoms with Gasteiger partial charge in [-0.3, -0.25) is 14.4 Å². The second-order valence-corrected chi connectivity index (χ2v) is 12.5. The van der Waals surface area contributed by atoms with Gasteiger partial charge < -0.3 is 40.1 Å². The molecular weight excluding hydrogens is 582 g/mol. The third-order valence-corrected chi connectivity index (χ3v) is 9.42. The molecule has 244 valence electrons. The Morgan fingerprint density at radius 3 is 2.60 bits per heavy atom. The van der Waals surface area contributed by atoms with E-state index < -0.39 is 36.4 Å². The summed E-state index contributed by atoms with van der Waals surface area (Å²) < 4.78 is 13.4. The molecule has 1 aromatic heterocycles. The number of aromatic nitrogens is 3. The Morgan fingerprint density at radius 1 is 1.02 bits per heavy atom. The number of fused-ring (bicyclic) bond motifs is 3. The number of carbonyl (C=O) groups is 3. The van der Waals surface area contributed by atoms with Crippen molar-refractivity contribution in [2.45, 2.75) is 94.1 Å². The van der Waals surface area contributed by atoms with E-state index in [0.717, 1.165) is 18.6 Å². The number of carbonyl (C=O) groups excluding carboxylic acids is 3. The first-order valence-corrected chi connectivity index (χ1v) is 16.0. The van der Waals surface area contributed by atoms with Gasteiger partial charge in [-0.25, -0.2) is 4.68 Å². The Balaban J connectivity index is 1.16. The summed E-state index contributed by atoms with van der Waals surface area (Å²) in [5.74, 6) is -0.332. The van der Waals surface area contributed by atoms with Gasteiger partial charge in [0.05, 0.1) is 31.3 Å². The Bertz CT molecular complexity index is 1320. The first-order chi connectivity index (χ1) is 21.9. The van der Waals surface area contributed by atoms with Gasteiger partial charge in [0.1, 0.15) is 42.4 Å². The van der Waals surface area contributed by atoms with Crippen LogP contribution in [0.1, 0.15) is 56.7 Å². The molecule has 6 rings (SSSR count). The third kappa shape index (κ3) is 7.46. The minimum absolute atomic E-state index is 0.0652. The molecule has 1 saturated carbocycles. The summed E-state index contributed by atoms with van der Waals surface area (Å²) in [7, 11) is 0. The largest absolute Gasteiger partial charge is 0.487 e. The smallest absolute Gasteiger partial charge is 0.242 e. The normalized spacial score (nSPS) is 30.0. The molecule has 2 aromatic rings. The highest BCUT2D eigenvalue weighted by Gasteiger charge is 2.45. The van der Waals surface area contributed by atoms with Crippen LogP contribution in [0.25, 0.3) is 0 Å². The highest BCUT2D eigenvalue weighted by molar-refractivity contribution is 5.90. The lowest BCUT2D eigenvalue weighted by Crippen LogP contribution is -2.57. The Kier molecular flexibility index (Phi) is 9.93. The molecule has 4 aliphatic rings. The number of hydrogen-bond donors (Lipinski definition) is 4. The number of nitrogens with zero attached hydrogens (tertiary/aromatic N) is 5. The van der Waals surface area contributed by atoms with Crippen LogP contribution < -0.4 is 15.4 Å². The number of aliphatic hydroxyl groups excluding tert-OH is 2. The fourth-order valence-electron chi connectivity index (χ4n) is 6.83. The van der Waals surface area contributed by atoms with E-state index in [-0.39, 0.29) is 50.4 Å². The predicted octanol–water partition coefficient (Wildman–Crippen LogP) is -0.241. The first-order valence-electron chi connectivity index (χ1n) is 16.0. The van der Waals surface area contributed by atoms with Crippen molar-refractivity contribution in [3.8, 4) is 5.75 Å². The molecule has 14 nitrogen and oxygen atoms in total. The van der Waals surface area contributed by atoms with Crippen molar-refractivity contribution in [3.05, 3.63) is 42.2 Å². The van der Waals surface area contributed by atoms with E-state index in [1.807, 2.05) is 30.3 Å². The van der Waals surface area contributed by atoms with Crippen molar-refractivity contribution in [2.75, 3.05) is 32.7 Å². The molecule has 0 spiro atoms. The number of nitrogens with one attached hydrogen (secondary N) is 2. The highest BCUT2D eigenvalue weighted by Crippen LogP contribution is 2.29. The molecule has 1 aromatic carbocycles. The number of rotatable bonds is 8. The lowest BCUT2D eigenvalue weighted by atomic mass is 9.95. The van der Waals surface area contributed by atoms with E-state index in [4.69, 9.17) is 9.47 Å². The van der Waals surface area contributed by atoms with Crippen molar-refractivity contribution < 1.29 is 34.1 Å². The molecule has 3 amide bonds. The number of benzene rings is 1. The fourth-order valence-corrected chi connectivity index (χ4v) is 6.83. The fraction of sp³-hybridized carbons (Fsp3) is 0.645. The third-order valence-electron chi connectivity index (χ3n) is 9.42. The van der Waals surface area contributed by atoms with Crippen molar-refractivity contribution in [3.63, 3.8) is 0 Å². The standard InChI is InChI=1S/C31H43N7O7/c39-27-15-25-29(41)30(42)26(45-25)16-33-31(43)24-14-22(38-17-21(34-35-38)19-44-23-8-2-1-3-9-23)10-12-37(24)28(40)18-36(27)13-11-32-20-6-4-5-7-20/h1-3,8-9,17,20,22,24-26,29-30,32,41-42H,4-7,10-16,18-19H2,(H,33,43)/t22-,24+,25+,26-,29?,30?/m1/s1. The van der Waals surface area contributed by atoms with Crippen molar-refractivity contribution in [1.82, 2.24) is 35.4 Å². The van der Waals surface area contributed by atoms with Crippen LogP contribution in [-0.4, -0.2) is 122 Å². The van der Waals surface area contributed by atoms with E-state index in [0.29, 0.717) is 37.8 Å². The maximum Gasteiger partial charge on any atom is 0.242 e. The molecule has 45 heavy (non-hydrogen) atoms. The minimum Gasteiger partial charge on any atom is -0.487 e. The Morgan fingerprint density at radius 2 is 1.80 bits per heavy atom. The van der Waals surface area contributed by atoms with Crippen LogP contribution in [0.5, 0.6) is 5.75 Å². The summed E-state index contributed by atoms with van der Waals surface area (Å²) in [4.78, 5) is 43.9. The summed E-state index contributed by atoms with van der Waals surface area (Å²) in [6.07, 6.45) is 2.64. The van der Waals surface area contributed by atoms with Crippen molar-refractivity contribution in [2.24, 2.45) is 0 Å². The monoisotopic (exact) mass is 625 g/mol. The molecule has 14 heteroatoms. The van der Waals surface area contributed by atoms with E-state index in [9.17, 15) is 24.6 Å². The number of ether oxygens (including phenoxy) is 2. The van der Waals surface area contributed by atoms with Crippen molar-refractivity contribution >= 4 is 17.7 Å². The lowest BCUT2D eigenvalue weighted by molar-refractivity contribution is -0.147. The Hall–Kier alpha value is -3.59. The quantitative estimate of drug-likeness (QED) is 0.307. The van der Waals surface area contributed by atoms with Crippen LogP contribution in [0.3, 0.4) is 0 Å². The van der Waals surface area contributed by atoms with Gasteiger partial charge in [-0.1, -0.05) is 36.3 Å². The number of para-hydroxylation sites is 1. The average Bonchev–Trinajstić information content (AvgIpc) is 3.81.